The first kappa shape index (κ1) is 22.4. The van der Waals surface area contributed by atoms with Crippen molar-refractivity contribution in [1.82, 2.24) is 15.8 Å². The Bertz CT molecular complexity index is 839. The van der Waals surface area contributed by atoms with E-state index in [0.717, 1.165) is 41.2 Å². The van der Waals surface area contributed by atoms with Crippen molar-refractivity contribution in [1.29, 1.82) is 0 Å². The van der Waals surface area contributed by atoms with Crippen molar-refractivity contribution in [3.63, 3.8) is 0 Å². The maximum Gasteiger partial charge on any atom is 0.191 e. The van der Waals surface area contributed by atoms with E-state index in [1.165, 1.54) is 0 Å². The van der Waals surface area contributed by atoms with Gasteiger partial charge in [-0.3, -0.25) is 0 Å². The molecule has 2 rings (SSSR count). The third-order valence-corrected chi connectivity index (χ3v) is 7.35. The van der Waals surface area contributed by atoms with E-state index in [2.05, 4.69) is 20.8 Å². The van der Waals surface area contributed by atoms with Crippen LogP contribution < -0.4 is 10.6 Å². The summed E-state index contributed by atoms with van der Waals surface area (Å²) in [7, 11) is -3.49. The zero-order chi connectivity index (χ0) is 20.6. The van der Waals surface area contributed by atoms with Gasteiger partial charge in [0.2, 0.25) is 0 Å². The second-order valence-corrected chi connectivity index (χ2v) is 9.39. The first-order valence-electron chi connectivity index (χ1n) is 9.34. The number of sulfone groups is 1. The Labute approximate surface area is 170 Å². The number of aliphatic hydroxyl groups excluding tert-OH is 1. The third-order valence-electron chi connectivity index (χ3n) is 4.07. The minimum Gasteiger partial charge on any atom is -0.390 e. The molecule has 0 spiro atoms. The monoisotopic (exact) mass is 428 g/mol. The van der Waals surface area contributed by atoms with Crippen LogP contribution in [0.25, 0.3) is 0 Å². The number of aryl methyl sites for hydroxylation is 2. The minimum absolute atomic E-state index is 0.0708. The SMILES string of the molecule is CCNC(=NCc1c(CC)noc1CC)NCC(O)CS(=O)(=O)c1cccs1. The summed E-state index contributed by atoms with van der Waals surface area (Å²) in [5, 5.41) is 22.0. The van der Waals surface area contributed by atoms with Crippen LogP contribution in [0.4, 0.5) is 0 Å². The zero-order valence-electron chi connectivity index (χ0n) is 16.4. The van der Waals surface area contributed by atoms with Gasteiger partial charge in [0.05, 0.1) is 24.1 Å². The van der Waals surface area contributed by atoms with Crippen molar-refractivity contribution >= 4 is 27.1 Å². The number of nitrogens with zero attached hydrogens (tertiary/aromatic N) is 2. The van der Waals surface area contributed by atoms with Crippen LogP contribution in [0.3, 0.4) is 0 Å². The molecule has 0 aromatic carbocycles. The fraction of sp³-hybridized carbons (Fsp3) is 0.556. The van der Waals surface area contributed by atoms with Crippen molar-refractivity contribution in [2.75, 3.05) is 18.8 Å². The Morgan fingerprint density at radius 3 is 2.71 bits per heavy atom. The van der Waals surface area contributed by atoms with Gasteiger partial charge in [-0.15, -0.1) is 11.3 Å². The molecule has 1 atom stereocenters. The van der Waals surface area contributed by atoms with Crippen LogP contribution >= 0.6 is 11.3 Å². The summed E-state index contributed by atoms with van der Waals surface area (Å²) in [4.78, 5) is 4.53. The fourth-order valence-corrected chi connectivity index (χ4v) is 5.15. The molecule has 0 aliphatic heterocycles. The summed E-state index contributed by atoms with van der Waals surface area (Å²) in [5.41, 5.74) is 1.86. The Hall–Kier alpha value is -1.91. The second kappa shape index (κ2) is 10.6. The second-order valence-electron chi connectivity index (χ2n) is 6.18. The van der Waals surface area contributed by atoms with Crippen LogP contribution in [0.1, 0.15) is 37.8 Å². The fourth-order valence-electron chi connectivity index (χ4n) is 2.67. The molecule has 2 aromatic heterocycles. The van der Waals surface area contributed by atoms with E-state index in [0.29, 0.717) is 19.0 Å². The van der Waals surface area contributed by atoms with E-state index < -0.39 is 15.9 Å². The van der Waals surface area contributed by atoms with Gasteiger partial charge in [0, 0.05) is 25.1 Å². The molecule has 28 heavy (non-hydrogen) atoms. The molecule has 2 heterocycles. The van der Waals surface area contributed by atoms with E-state index in [9.17, 15) is 13.5 Å². The van der Waals surface area contributed by atoms with Gasteiger partial charge in [0.25, 0.3) is 0 Å². The lowest BCUT2D eigenvalue weighted by Gasteiger charge is -2.15. The van der Waals surface area contributed by atoms with Crippen molar-refractivity contribution in [2.24, 2.45) is 4.99 Å². The summed E-state index contributed by atoms with van der Waals surface area (Å²) in [5.74, 6) is 0.977. The van der Waals surface area contributed by atoms with E-state index in [4.69, 9.17) is 4.52 Å². The van der Waals surface area contributed by atoms with E-state index >= 15 is 0 Å². The quantitative estimate of drug-likeness (QED) is 0.390. The molecule has 8 nitrogen and oxygen atoms in total. The Morgan fingerprint density at radius 2 is 2.11 bits per heavy atom. The van der Waals surface area contributed by atoms with Crippen molar-refractivity contribution in [3.8, 4) is 0 Å². The predicted octanol–water partition coefficient (Wildman–Crippen LogP) is 1.75. The first-order valence-corrected chi connectivity index (χ1v) is 11.9. The minimum atomic E-state index is -3.49. The smallest absolute Gasteiger partial charge is 0.191 e. The number of aliphatic imine (C=N–C) groups is 1. The van der Waals surface area contributed by atoms with Crippen LogP contribution in [0.2, 0.25) is 0 Å². The summed E-state index contributed by atoms with van der Waals surface area (Å²) in [6.07, 6.45) is 0.447. The number of aliphatic hydroxyl groups is 1. The lowest BCUT2D eigenvalue weighted by Crippen LogP contribution is -2.42. The zero-order valence-corrected chi connectivity index (χ0v) is 18.1. The first-order chi connectivity index (χ1) is 13.4. The molecule has 0 amide bonds. The summed E-state index contributed by atoms with van der Waals surface area (Å²) in [6.45, 7) is 7.05. The van der Waals surface area contributed by atoms with Crippen LogP contribution in [0.15, 0.2) is 31.2 Å². The van der Waals surface area contributed by atoms with Gasteiger partial charge in [0.1, 0.15) is 9.97 Å². The van der Waals surface area contributed by atoms with Crippen LogP contribution in [-0.2, 0) is 29.2 Å². The molecular formula is C18H28N4O4S2. The molecule has 2 aromatic rings. The number of rotatable bonds is 10. The summed E-state index contributed by atoms with van der Waals surface area (Å²) in [6, 6.07) is 3.22. The molecule has 0 saturated carbocycles. The maximum atomic E-state index is 12.3. The van der Waals surface area contributed by atoms with E-state index in [-0.39, 0.29) is 16.5 Å². The van der Waals surface area contributed by atoms with E-state index in [1.807, 2.05) is 20.8 Å². The van der Waals surface area contributed by atoms with Gasteiger partial charge in [-0.1, -0.05) is 25.1 Å². The molecule has 0 aliphatic carbocycles. The van der Waals surface area contributed by atoms with Gasteiger partial charge in [-0.05, 0) is 24.8 Å². The van der Waals surface area contributed by atoms with Gasteiger partial charge >= 0.3 is 0 Å². The van der Waals surface area contributed by atoms with E-state index in [1.54, 1.807) is 17.5 Å². The van der Waals surface area contributed by atoms with Crippen molar-refractivity contribution in [2.45, 2.75) is 50.5 Å². The highest BCUT2D eigenvalue weighted by atomic mass is 32.2. The van der Waals surface area contributed by atoms with Gasteiger partial charge in [-0.2, -0.15) is 0 Å². The number of hydrogen-bond donors (Lipinski definition) is 3. The highest BCUT2D eigenvalue weighted by Crippen LogP contribution is 2.18. The molecule has 0 fully saturated rings. The molecule has 3 N–H and O–H groups in total. The highest BCUT2D eigenvalue weighted by Gasteiger charge is 2.21. The molecule has 156 valence electrons. The number of nitrogens with one attached hydrogen (secondary N) is 2. The van der Waals surface area contributed by atoms with Gasteiger partial charge in [0.15, 0.2) is 15.8 Å². The number of guanidine groups is 1. The molecule has 10 heteroatoms. The molecule has 1 unspecified atom stereocenters. The van der Waals surface area contributed by atoms with Crippen LogP contribution in [0.5, 0.6) is 0 Å². The van der Waals surface area contributed by atoms with Gasteiger partial charge < -0.3 is 20.3 Å². The largest absolute Gasteiger partial charge is 0.390 e. The Balaban J connectivity index is 1.99. The van der Waals surface area contributed by atoms with Crippen LogP contribution in [-0.4, -0.2) is 49.6 Å². The Morgan fingerprint density at radius 1 is 1.32 bits per heavy atom. The molecule has 0 saturated heterocycles. The lowest BCUT2D eigenvalue weighted by molar-refractivity contribution is 0.200. The summed E-state index contributed by atoms with van der Waals surface area (Å²) < 4.78 is 30.1. The average Bonchev–Trinajstić information content (AvgIpc) is 3.33. The standard InChI is InChI=1S/C18H28N4O4S2/c1-4-15-14(16(5-2)26-22-15)11-21-18(19-6-3)20-10-13(23)12-28(24,25)17-8-7-9-27-17/h7-9,13,23H,4-6,10-12H2,1-3H3,(H2,19,20,21). The maximum absolute atomic E-state index is 12.3. The summed E-state index contributed by atoms with van der Waals surface area (Å²) >= 11 is 1.15. The molecule has 0 aliphatic rings. The molecular weight excluding hydrogens is 400 g/mol. The van der Waals surface area contributed by atoms with Crippen LogP contribution in [0, 0.1) is 0 Å². The van der Waals surface area contributed by atoms with Gasteiger partial charge in [-0.25, -0.2) is 13.4 Å². The number of aromatic nitrogens is 1. The third kappa shape index (κ3) is 6.05. The average molecular weight is 429 g/mol. The number of hydrogen-bond acceptors (Lipinski definition) is 7. The van der Waals surface area contributed by atoms with Crippen molar-refractivity contribution in [3.05, 3.63) is 34.5 Å². The normalized spacial score (nSPS) is 13.5. The Kier molecular flexibility index (Phi) is 8.46. The highest BCUT2D eigenvalue weighted by molar-refractivity contribution is 7.93. The van der Waals surface area contributed by atoms with Crippen molar-refractivity contribution < 1.29 is 18.0 Å². The predicted molar refractivity (Wildman–Crippen MR) is 110 cm³/mol. The molecule has 0 radical (unpaired) electrons. The molecule has 0 bridgehead atoms. The number of thiophene rings is 1. The topological polar surface area (TPSA) is 117 Å². The lowest BCUT2D eigenvalue weighted by atomic mass is 10.1.